The average Bonchev–Trinajstić information content (AvgIpc) is 2.01. The van der Waals surface area contributed by atoms with Gasteiger partial charge in [0.05, 0.1) is 6.61 Å². The van der Waals surface area contributed by atoms with Gasteiger partial charge < -0.3 is 4.74 Å². The molecule has 0 aliphatic rings. The van der Waals surface area contributed by atoms with E-state index in [2.05, 4.69) is 72.0 Å². The van der Waals surface area contributed by atoms with E-state index in [1.807, 2.05) is 0 Å². The smallest absolute Gasteiger partial charge is 0.333 e. The van der Waals surface area contributed by atoms with Gasteiger partial charge in [-0.25, -0.2) is 4.79 Å². The lowest BCUT2D eigenvalue weighted by atomic mass is 10.3. The standard InChI is InChI=1S/C8H13I3O2Si/c1-7(2)8(12)13-5-3-4-6-14(9,10)11/h1,3-6H2,2H3. The first kappa shape index (κ1) is 15.6. The van der Waals surface area contributed by atoms with E-state index in [1.165, 1.54) is 6.04 Å². The Labute approximate surface area is 124 Å². The van der Waals surface area contributed by atoms with Crippen LogP contribution in [-0.4, -0.2) is 13.1 Å². The summed E-state index contributed by atoms with van der Waals surface area (Å²) >= 11 is 7.63. The van der Waals surface area contributed by atoms with Crippen LogP contribution < -0.4 is 0 Å². The minimum Gasteiger partial charge on any atom is -0.462 e. The third-order valence-electron chi connectivity index (χ3n) is 1.44. The second kappa shape index (κ2) is 7.82. The number of hydrogen-bond acceptors (Lipinski definition) is 2. The molecule has 0 aromatic rings. The van der Waals surface area contributed by atoms with Gasteiger partial charge >= 0.3 is 5.97 Å². The molecule has 0 amide bonds. The minimum atomic E-state index is -1.00. The van der Waals surface area contributed by atoms with Crippen LogP contribution in [-0.2, 0) is 9.53 Å². The molecule has 0 fully saturated rings. The highest BCUT2D eigenvalue weighted by Crippen LogP contribution is 2.35. The van der Waals surface area contributed by atoms with Gasteiger partial charge in [-0.15, -0.1) is 0 Å². The Morgan fingerprint density at radius 2 is 1.93 bits per heavy atom. The SMILES string of the molecule is C=C(C)C(=O)OCCCC[Si](I)(I)I. The van der Waals surface area contributed by atoms with Gasteiger partial charge in [-0.2, -0.15) is 0 Å². The highest BCUT2D eigenvalue weighted by atomic mass is 127. The summed E-state index contributed by atoms with van der Waals surface area (Å²) in [5.74, 6) is -0.271. The van der Waals surface area contributed by atoms with Gasteiger partial charge in [0.15, 0.2) is 0 Å². The topological polar surface area (TPSA) is 26.3 Å². The molecule has 2 nitrogen and oxygen atoms in total. The predicted molar refractivity (Wildman–Crippen MR) is 87.6 cm³/mol. The highest BCUT2D eigenvalue weighted by molar-refractivity contribution is 14.4. The van der Waals surface area contributed by atoms with Gasteiger partial charge in [-0.05, 0) is 19.4 Å². The minimum absolute atomic E-state index is 0.271. The van der Waals surface area contributed by atoms with Crippen molar-refractivity contribution in [1.82, 2.24) is 0 Å². The van der Waals surface area contributed by atoms with Crippen molar-refractivity contribution in [2.75, 3.05) is 6.61 Å². The zero-order valence-electron chi connectivity index (χ0n) is 7.99. The summed E-state index contributed by atoms with van der Waals surface area (Å²) < 4.78 is 3.98. The Balaban J connectivity index is 3.39. The lowest BCUT2D eigenvalue weighted by molar-refractivity contribution is -0.139. The molecule has 0 aromatic carbocycles. The molecule has 0 N–H and O–H groups in total. The molecule has 0 aromatic heterocycles. The van der Waals surface area contributed by atoms with Gasteiger partial charge in [-0.3, -0.25) is 0 Å². The molecular weight excluding hydrogens is 537 g/mol. The lowest BCUT2D eigenvalue weighted by Gasteiger charge is -2.08. The maximum absolute atomic E-state index is 11.0. The van der Waals surface area contributed by atoms with Crippen molar-refractivity contribution in [1.29, 1.82) is 0 Å². The van der Waals surface area contributed by atoms with Gasteiger partial charge in [0.1, 0.15) is 0 Å². The van der Waals surface area contributed by atoms with Crippen molar-refractivity contribution in [2.45, 2.75) is 25.8 Å². The first-order valence-electron chi connectivity index (χ1n) is 4.22. The van der Waals surface area contributed by atoms with Crippen LogP contribution >= 0.6 is 65.4 Å². The Kier molecular flexibility index (Phi) is 8.72. The van der Waals surface area contributed by atoms with Gasteiger partial charge in [0.2, 0.25) is 0 Å². The Morgan fingerprint density at radius 1 is 1.36 bits per heavy atom. The zero-order valence-corrected chi connectivity index (χ0v) is 15.5. The van der Waals surface area contributed by atoms with E-state index in [4.69, 9.17) is 4.74 Å². The van der Waals surface area contributed by atoms with Crippen LogP contribution in [0.4, 0.5) is 0 Å². The summed E-state index contributed by atoms with van der Waals surface area (Å²) in [4.78, 5) is 11.0. The Morgan fingerprint density at radius 3 is 2.36 bits per heavy atom. The van der Waals surface area contributed by atoms with Crippen LogP contribution in [0, 0.1) is 0 Å². The summed E-state index contributed by atoms with van der Waals surface area (Å²) in [6.45, 7) is 5.72. The van der Waals surface area contributed by atoms with E-state index < -0.39 is 0.564 Å². The van der Waals surface area contributed by atoms with E-state index in [1.54, 1.807) is 6.92 Å². The summed E-state index contributed by atoms with van der Waals surface area (Å²) in [6.07, 6.45) is 2.10. The molecule has 0 saturated heterocycles. The fraction of sp³-hybridized carbons (Fsp3) is 0.625. The largest absolute Gasteiger partial charge is 0.462 e. The molecule has 0 bridgehead atoms. The van der Waals surface area contributed by atoms with Gasteiger partial charge in [0, 0.05) is 5.57 Å². The number of esters is 1. The molecule has 0 aliphatic heterocycles. The van der Waals surface area contributed by atoms with E-state index >= 15 is 0 Å². The fourth-order valence-electron chi connectivity index (χ4n) is 0.716. The molecule has 82 valence electrons. The van der Waals surface area contributed by atoms with E-state index in [-0.39, 0.29) is 5.97 Å². The summed E-state index contributed by atoms with van der Waals surface area (Å²) in [6, 6.07) is 1.26. The third-order valence-corrected chi connectivity index (χ3v) is 7.21. The summed E-state index contributed by atoms with van der Waals surface area (Å²) in [5, 5.41) is 0. The fourth-order valence-corrected chi connectivity index (χ4v) is 4.80. The number of carbonyl (C=O) groups is 1. The monoisotopic (exact) mass is 550 g/mol. The third kappa shape index (κ3) is 10.1. The molecule has 0 unspecified atom stereocenters. The molecule has 0 atom stereocenters. The number of ether oxygens (including phenoxy) is 1. The van der Waals surface area contributed by atoms with Crippen molar-refractivity contribution in [2.24, 2.45) is 0 Å². The molecule has 0 aliphatic carbocycles. The number of rotatable bonds is 6. The Hall–Kier alpha value is 1.62. The van der Waals surface area contributed by atoms with Gasteiger partial charge in [-0.1, -0.05) is 78.4 Å². The number of carbonyl (C=O) groups excluding carboxylic acids is 1. The van der Waals surface area contributed by atoms with E-state index in [0.29, 0.717) is 12.2 Å². The first-order chi connectivity index (χ1) is 6.33. The van der Waals surface area contributed by atoms with Crippen LogP contribution in [0.1, 0.15) is 19.8 Å². The van der Waals surface area contributed by atoms with Crippen molar-refractivity contribution >= 4 is 71.9 Å². The van der Waals surface area contributed by atoms with Crippen LogP contribution in [0.3, 0.4) is 0 Å². The average molecular weight is 550 g/mol. The van der Waals surface area contributed by atoms with E-state index in [0.717, 1.165) is 12.8 Å². The van der Waals surface area contributed by atoms with Crippen LogP contribution in [0.2, 0.25) is 6.04 Å². The zero-order chi connectivity index (χ0) is 11.2. The second-order valence-corrected chi connectivity index (χ2v) is 39.9. The number of halogens is 3. The van der Waals surface area contributed by atoms with E-state index in [9.17, 15) is 4.79 Å². The van der Waals surface area contributed by atoms with Crippen LogP contribution in [0.15, 0.2) is 12.2 Å². The second-order valence-electron chi connectivity index (χ2n) is 2.99. The normalized spacial score (nSPS) is 11.1. The molecule has 0 radical (unpaired) electrons. The predicted octanol–water partition coefficient (Wildman–Crippen LogP) is 4.13. The molecule has 0 rings (SSSR count). The lowest BCUT2D eigenvalue weighted by Crippen LogP contribution is -2.08. The maximum atomic E-state index is 11.0. The van der Waals surface area contributed by atoms with Crippen molar-refractivity contribution in [3.8, 4) is 0 Å². The maximum Gasteiger partial charge on any atom is 0.333 e. The number of unbranched alkanes of at least 4 members (excludes halogenated alkanes) is 1. The van der Waals surface area contributed by atoms with Crippen molar-refractivity contribution in [3.05, 3.63) is 12.2 Å². The molecule has 14 heavy (non-hydrogen) atoms. The first-order valence-corrected chi connectivity index (χ1v) is 15.8. The van der Waals surface area contributed by atoms with Crippen molar-refractivity contribution < 1.29 is 9.53 Å². The number of hydrogen-bond donors (Lipinski definition) is 0. The quantitative estimate of drug-likeness (QED) is 0.124. The molecular formula is C8H13I3O2Si. The highest BCUT2D eigenvalue weighted by Gasteiger charge is 2.20. The summed E-state index contributed by atoms with van der Waals surface area (Å²) in [7, 11) is 0. The summed E-state index contributed by atoms with van der Waals surface area (Å²) in [5.41, 5.74) is 0.477. The molecule has 0 saturated carbocycles. The van der Waals surface area contributed by atoms with Crippen LogP contribution in [0.25, 0.3) is 0 Å². The van der Waals surface area contributed by atoms with Crippen LogP contribution in [0.5, 0.6) is 0 Å². The molecule has 6 heteroatoms. The van der Waals surface area contributed by atoms with Gasteiger partial charge in [0.25, 0.3) is 0.564 Å². The van der Waals surface area contributed by atoms with Crippen molar-refractivity contribution in [3.63, 3.8) is 0 Å². The molecule has 0 spiro atoms. The molecule has 0 heterocycles. The Bertz CT molecular complexity index is 213.